The van der Waals surface area contributed by atoms with E-state index in [4.69, 9.17) is 0 Å². The van der Waals surface area contributed by atoms with E-state index in [2.05, 4.69) is 33.9 Å². The van der Waals surface area contributed by atoms with Crippen LogP contribution in [0.15, 0.2) is 29.2 Å². The predicted octanol–water partition coefficient (Wildman–Crippen LogP) is 2.07. The zero-order valence-electron chi connectivity index (χ0n) is 15.9. The van der Waals surface area contributed by atoms with Gasteiger partial charge in [-0.2, -0.15) is 4.31 Å². The minimum atomic E-state index is -3.45. The first kappa shape index (κ1) is 18.6. The first-order valence-electron chi connectivity index (χ1n) is 9.69. The van der Waals surface area contributed by atoms with Crippen LogP contribution in [0.2, 0.25) is 0 Å². The number of benzene rings is 1. The Kier molecular flexibility index (Phi) is 5.05. The van der Waals surface area contributed by atoms with Crippen LogP contribution in [0.4, 0.5) is 0 Å². The highest BCUT2D eigenvalue weighted by molar-refractivity contribution is 7.89. The summed E-state index contributed by atoms with van der Waals surface area (Å²) in [4.78, 5) is 0.401. The van der Waals surface area contributed by atoms with Crippen LogP contribution < -0.4 is 5.32 Å². The van der Waals surface area contributed by atoms with Gasteiger partial charge in [0.2, 0.25) is 10.0 Å². The van der Waals surface area contributed by atoms with E-state index < -0.39 is 10.0 Å². The largest absolute Gasteiger partial charge is 0.312 e. The molecule has 0 amide bonds. The molecule has 0 saturated carbocycles. The molecule has 146 valence electrons. The van der Waals surface area contributed by atoms with Gasteiger partial charge >= 0.3 is 0 Å². The van der Waals surface area contributed by atoms with Gasteiger partial charge < -0.3 is 9.88 Å². The van der Waals surface area contributed by atoms with Crippen molar-refractivity contribution >= 4 is 10.0 Å². The number of piperidine rings is 1. The topological polar surface area (TPSA) is 80.1 Å². The zero-order valence-corrected chi connectivity index (χ0v) is 16.7. The van der Waals surface area contributed by atoms with Crippen molar-refractivity contribution in [3.05, 3.63) is 41.5 Å². The van der Waals surface area contributed by atoms with Crippen molar-refractivity contribution in [1.82, 2.24) is 24.4 Å². The SMILES string of the molecule is CC(C)c1cccc(S(=O)(=O)N2CCC(c3nnc4n3CCNC4)CC2)c1. The van der Waals surface area contributed by atoms with Gasteiger partial charge in [-0.15, -0.1) is 10.2 Å². The van der Waals surface area contributed by atoms with Gasteiger partial charge in [0.15, 0.2) is 0 Å². The van der Waals surface area contributed by atoms with E-state index in [1.807, 2.05) is 18.2 Å². The maximum Gasteiger partial charge on any atom is 0.243 e. The molecule has 7 nitrogen and oxygen atoms in total. The number of hydrogen-bond donors (Lipinski definition) is 1. The Labute approximate surface area is 160 Å². The van der Waals surface area contributed by atoms with E-state index in [0.717, 1.165) is 49.7 Å². The van der Waals surface area contributed by atoms with Crippen LogP contribution in [0.25, 0.3) is 0 Å². The maximum atomic E-state index is 13.1. The van der Waals surface area contributed by atoms with Crippen molar-refractivity contribution in [3.8, 4) is 0 Å². The Morgan fingerprint density at radius 2 is 1.93 bits per heavy atom. The molecule has 2 aromatic rings. The Balaban J connectivity index is 1.49. The van der Waals surface area contributed by atoms with Gasteiger partial charge in [0, 0.05) is 32.1 Å². The molecule has 2 aliphatic rings. The van der Waals surface area contributed by atoms with Crippen molar-refractivity contribution in [1.29, 1.82) is 0 Å². The molecule has 0 aliphatic carbocycles. The molecule has 4 rings (SSSR count). The molecule has 1 N–H and O–H groups in total. The van der Waals surface area contributed by atoms with Gasteiger partial charge in [-0.05, 0) is 36.5 Å². The number of nitrogens with zero attached hydrogens (tertiary/aromatic N) is 4. The third-order valence-corrected chi connectivity index (χ3v) is 7.53. The van der Waals surface area contributed by atoms with Crippen molar-refractivity contribution in [3.63, 3.8) is 0 Å². The molecule has 8 heteroatoms. The zero-order chi connectivity index (χ0) is 19.0. The summed E-state index contributed by atoms with van der Waals surface area (Å²) >= 11 is 0. The summed E-state index contributed by atoms with van der Waals surface area (Å²) < 4.78 is 30.0. The molecular formula is C19H27N5O2S. The molecule has 0 unspecified atom stereocenters. The number of sulfonamides is 1. The minimum absolute atomic E-state index is 0.276. The Bertz CT molecular complexity index is 914. The lowest BCUT2D eigenvalue weighted by Gasteiger charge is -2.31. The molecule has 0 spiro atoms. The summed E-state index contributed by atoms with van der Waals surface area (Å²) in [5.41, 5.74) is 1.05. The van der Waals surface area contributed by atoms with E-state index >= 15 is 0 Å². The quantitative estimate of drug-likeness (QED) is 0.866. The Morgan fingerprint density at radius 1 is 1.15 bits per heavy atom. The number of nitrogens with one attached hydrogen (secondary N) is 1. The fourth-order valence-electron chi connectivity index (χ4n) is 3.95. The second kappa shape index (κ2) is 7.33. The Morgan fingerprint density at radius 3 is 2.67 bits per heavy atom. The van der Waals surface area contributed by atoms with Gasteiger partial charge in [0.25, 0.3) is 0 Å². The molecule has 0 radical (unpaired) electrons. The highest BCUT2D eigenvalue weighted by Crippen LogP contribution is 2.31. The summed E-state index contributed by atoms with van der Waals surface area (Å²) in [6.07, 6.45) is 1.57. The van der Waals surface area contributed by atoms with E-state index in [9.17, 15) is 8.42 Å². The average Bonchev–Trinajstić information content (AvgIpc) is 3.12. The van der Waals surface area contributed by atoms with E-state index in [1.165, 1.54) is 0 Å². The van der Waals surface area contributed by atoms with Gasteiger partial charge in [0.1, 0.15) is 11.6 Å². The lowest BCUT2D eigenvalue weighted by Crippen LogP contribution is -2.38. The first-order valence-corrected chi connectivity index (χ1v) is 11.1. The highest BCUT2D eigenvalue weighted by atomic mass is 32.2. The van der Waals surface area contributed by atoms with Gasteiger partial charge in [-0.1, -0.05) is 26.0 Å². The minimum Gasteiger partial charge on any atom is -0.312 e. The average molecular weight is 390 g/mol. The van der Waals surface area contributed by atoms with Gasteiger partial charge in [-0.3, -0.25) is 0 Å². The van der Waals surface area contributed by atoms with E-state index in [0.29, 0.717) is 23.9 Å². The summed E-state index contributed by atoms with van der Waals surface area (Å²) in [5, 5.41) is 12.0. The third-order valence-electron chi connectivity index (χ3n) is 5.63. The van der Waals surface area contributed by atoms with Crippen LogP contribution in [0.1, 0.15) is 55.7 Å². The summed E-state index contributed by atoms with van der Waals surface area (Å²) in [6.45, 7) is 7.78. The van der Waals surface area contributed by atoms with Crippen LogP contribution in [0.5, 0.6) is 0 Å². The highest BCUT2D eigenvalue weighted by Gasteiger charge is 2.32. The second-order valence-electron chi connectivity index (χ2n) is 7.71. The number of hydrogen-bond acceptors (Lipinski definition) is 5. The number of fused-ring (bicyclic) bond motifs is 1. The van der Waals surface area contributed by atoms with Crippen molar-refractivity contribution < 1.29 is 8.42 Å². The number of rotatable bonds is 4. The lowest BCUT2D eigenvalue weighted by molar-refractivity contribution is 0.307. The standard InChI is InChI=1S/C19H27N5O2S/c1-14(2)16-4-3-5-17(12-16)27(25,26)23-9-6-15(7-10-23)19-22-21-18-13-20-8-11-24(18)19/h3-5,12,14-15,20H,6-11,13H2,1-2H3. The van der Waals surface area contributed by atoms with Crippen LogP contribution >= 0.6 is 0 Å². The fourth-order valence-corrected chi connectivity index (χ4v) is 5.48. The second-order valence-corrected chi connectivity index (χ2v) is 9.65. The number of aromatic nitrogens is 3. The van der Waals surface area contributed by atoms with Crippen LogP contribution in [-0.4, -0.2) is 47.1 Å². The lowest BCUT2D eigenvalue weighted by atomic mass is 9.97. The molecule has 2 aliphatic heterocycles. The van der Waals surface area contributed by atoms with E-state index in [1.54, 1.807) is 10.4 Å². The van der Waals surface area contributed by atoms with Crippen molar-refractivity contribution in [2.75, 3.05) is 19.6 Å². The molecule has 1 fully saturated rings. The van der Waals surface area contributed by atoms with Crippen LogP contribution in [0.3, 0.4) is 0 Å². The molecule has 0 bridgehead atoms. The van der Waals surface area contributed by atoms with Crippen LogP contribution in [0, 0.1) is 0 Å². The molecular weight excluding hydrogens is 362 g/mol. The van der Waals surface area contributed by atoms with Gasteiger partial charge in [-0.25, -0.2) is 8.42 Å². The summed E-state index contributed by atoms with van der Waals surface area (Å²) in [5.74, 6) is 2.58. The van der Waals surface area contributed by atoms with E-state index in [-0.39, 0.29) is 5.92 Å². The monoisotopic (exact) mass is 389 g/mol. The van der Waals surface area contributed by atoms with Crippen LogP contribution in [-0.2, 0) is 23.1 Å². The Hall–Kier alpha value is -1.77. The predicted molar refractivity (Wildman–Crippen MR) is 103 cm³/mol. The van der Waals surface area contributed by atoms with Crippen molar-refractivity contribution in [2.45, 2.75) is 56.5 Å². The molecule has 1 aromatic carbocycles. The molecule has 0 atom stereocenters. The molecule has 1 aromatic heterocycles. The first-order chi connectivity index (χ1) is 13.0. The maximum absolute atomic E-state index is 13.1. The molecule has 3 heterocycles. The summed E-state index contributed by atoms with van der Waals surface area (Å²) in [6, 6.07) is 7.34. The summed E-state index contributed by atoms with van der Waals surface area (Å²) in [7, 11) is -3.45. The molecule has 1 saturated heterocycles. The fraction of sp³-hybridized carbons (Fsp3) is 0.579. The normalized spacial score (nSPS) is 19.4. The molecule has 27 heavy (non-hydrogen) atoms. The van der Waals surface area contributed by atoms with Gasteiger partial charge in [0.05, 0.1) is 11.4 Å². The van der Waals surface area contributed by atoms with Crippen molar-refractivity contribution in [2.24, 2.45) is 0 Å². The third kappa shape index (κ3) is 3.53. The smallest absolute Gasteiger partial charge is 0.243 e.